The topological polar surface area (TPSA) is 0 Å². The quantitative estimate of drug-likeness (QED) is 0.718. The van der Waals surface area contributed by atoms with Gasteiger partial charge in [-0.25, -0.2) is 0 Å². The molecule has 0 heterocycles. The van der Waals surface area contributed by atoms with Crippen molar-refractivity contribution in [3.8, 4) is 11.1 Å². The Balaban J connectivity index is 2.26. The Hall–Kier alpha value is -0.937. The van der Waals surface area contributed by atoms with Crippen LogP contribution in [0.15, 0.2) is 48.0 Å². The second kappa shape index (κ2) is 4.63. The van der Waals surface area contributed by atoms with Crippen LogP contribution in [0.1, 0.15) is 27.2 Å². The first kappa shape index (κ1) is 12.1. The molecule has 0 nitrogen and oxygen atoms in total. The van der Waals surface area contributed by atoms with Gasteiger partial charge in [0.1, 0.15) is 0 Å². The summed E-state index contributed by atoms with van der Waals surface area (Å²) >= 11 is 1.59. The Morgan fingerprint density at radius 1 is 0.944 bits per heavy atom. The molecule has 0 N–H and O–H groups in total. The summed E-state index contributed by atoms with van der Waals surface area (Å²) in [5.74, 6) is 0. The van der Waals surface area contributed by atoms with Gasteiger partial charge in [0.05, 0.1) is 0 Å². The fourth-order valence-corrected chi connectivity index (χ4v) is 3.84. The van der Waals surface area contributed by atoms with Crippen LogP contribution in [-0.2, 0) is 24.7 Å². The second-order valence-corrected chi connectivity index (χ2v) is 6.36. The third-order valence-corrected chi connectivity index (χ3v) is 5.53. The molecular weight excluding hydrogens is 295 g/mol. The summed E-state index contributed by atoms with van der Waals surface area (Å²) < 4.78 is 0.649. The molecule has 87 valence electrons. The molecule has 1 aliphatic carbocycles. The van der Waals surface area contributed by atoms with Crippen LogP contribution in [0, 0.1) is 6.92 Å². The SMILES string of the molecule is CC1=Cc2c(-c3ccccc3)ccc(C)c2[CH]1[Zr]. The molecule has 1 heteroatoms. The maximum absolute atomic E-state index is 2.38. The van der Waals surface area contributed by atoms with E-state index in [0.29, 0.717) is 3.63 Å². The predicted molar refractivity (Wildman–Crippen MR) is 73.0 cm³/mol. The van der Waals surface area contributed by atoms with Crippen molar-refractivity contribution in [2.75, 3.05) is 0 Å². The van der Waals surface area contributed by atoms with E-state index in [4.69, 9.17) is 0 Å². The number of allylic oxidation sites excluding steroid dienone is 1. The van der Waals surface area contributed by atoms with Gasteiger partial charge >= 0.3 is 124 Å². The van der Waals surface area contributed by atoms with E-state index in [2.05, 4.69) is 62.4 Å². The summed E-state index contributed by atoms with van der Waals surface area (Å²) in [5, 5.41) is 0. The number of fused-ring (bicyclic) bond motifs is 1. The molecule has 0 aromatic heterocycles. The van der Waals surface area contributed by atoms with E-state index in [1.807, 2.05) is 0 Å². The number of aryl methyl sites for hydroxylation is 1. The molecule has 0 fully saturated rings. The molecule has 0 bridgehead atoms. The van der Waals surface area contributed by atoms with Gasteiger partial charge in [-0.05, 0) is 0 Å². The molecule has 0 saturated carbocycles. The minimum absolute atomic E-state index is 0.649. The van der Waals surface area contributed by atoms with Gasteiger partial charge in [0.15, 0.2) is 0 Å². The number of hydrogen-bond donors (Lipinski definition) is 0. The van der Waals surface area contributed by atoms with Gasteiger partial charge in [-0.2, -0.15) is 0 Å². The van der Waals surface area contributed by atoms with Crippen LogP contribution < -0.4 is 0 Å². The summed E-state index contributed by atoms with van der Waals surface area (Å²) in [6.07, 6.45) is 2.38. The third kappa shape index (κ3) is 1.86. The zero-order valence-electron chi connectivity index (χ0n) is 10.7. The molecule has 0 spiro atoms. The van der Waals surface area contributed by atoms with E-state index < -0.39 is 0 Å². The van der Waals surface area contributed by atoms with Crippen molar-refractivity contribution in [2.45, 2.75) is 17.5 Å². The molecule has 18 heavy (non-hydrogen) atoms. The van der Waals surface area contributed by atoms with Gasteiger partial charge < -0.3 is 0 Å². The molecule has 1 unspecified atom stereocenters. The summed E-state index contributed by atoms with van der Waals surface area (Å²) in [6, 6.07) is 15.2. The Morgan fingerprint density at radius 3 is 2.39 bits per heavy atom. The maximum atomic E-state index is 2.38. The fourth-order valence-electron chi connectivity index (χ4n) is 2.69. The first-order valence-electron chi connectivity index (χ1n) is 6.26. The Bertz CT molecular complexity index is 624. The van der Waals surface area contributed by atoms with Crippen molar-refractivity contribution >= 4 is 6.08 Å². The standard InChI is InChI=1S/C17H15.Zr/c1-12-10-16-13(2)8-9-15(17(16)11-12)14-6-4-3-5-7-14;/h3-11H,1-2H3;. The molecule has 1 aliphatic rings. The van der Waals surface area contributed by atoms with E-state index in [1.165, 1.54) is 27.8 Å². The Morgan fingerprint density at radius 2 is 1.67 bits per heavy atom. The van der Waals surface area contributed by atoms with Crippen LogP contribution in [-0.4, -0.2) is 0 Å². The van der Waals surface area contributed by atoms with Crippen LogP contribution in [0.4, 0.5) is 0 Å². The van der Waals surface area contributed by atoms with Crippen LogP contribution in [0.2, 0.25) is 0 Å². The van der Waals surface area contributed by atoms with Crippen LogP contribution in [0.3, 0.4) is 0 Å². The Labute approximate surface area is 124 Å². The normalized spacial score (nSPS) is 17.4. The van der Waals surface area contributed by atoms with Gasteiger partial charge in [-0.3, -0.25) is 0 Å². The van der Waals surface area contributed by atoms with Crippen LogP contribution in [0.5, 0.6) is 0 Å². The van der Waals surface area contributed by atoms with Crippen LogP contribution in [0.25, 0.3) is 17.2 Å². The molecule has 0 amide bonds. The first-order valence-corrected chi connectivity index (χ1v) is 7.68. The van der Waals surface area contributed by atoms with E-state index >= 15 is 0 Å². The molecule has 2 aromatic rings. The summed E-state index contributed by atoms with van der Waals surface area (Å²) in [5.41, 5.74) is 8.63. The van der Waals surface area contributed by atoms with Gasteiger partial charge in [0, 0.05) is 0 Å². The van der Waals surface area contributed by atoms with Crippen LogP contribution >= 0.6 is 0 Å². The number of rotatable bonds is 1. The molecule has 1 atom stereocenters. The minimum atomic E-state index is 0.649. The van der Waals surface area contributed by atoms with Crippen molar-refractivity contribution in [1.82, 2.24) is 0 Å². The summed E-state index contributed by atoms with van der Waals surface area (Å²) in [6.45, 7) is 4.49. The third-order valence-electron chi connectivity index (χ3n) is 3.71. The molecule has 2 aromatic carbocycles. The van der Waals surface area contributed by atoms with Gasteiger partial charge in [-0.15, -0.1) is 0 Å². The molecular formula is C17H15Zr. The van der Waals surface area contributed by atoms with Gasteiger partial charge in [0.25, 0.3) is 0 Å². The summed E-state index contributed by atoms with van der Waals surface area (Å²) in [4.78, 5) is 0. The van der Waals surface area contributed by atoms with Crippen molar-refractivity contribution in [3.05, 3.63) is 64.7 Å². The predicted octanol–water partition coefficient (Wildman–Crippen LogP) is 4.67. The average molecular weight is 311 g/mol. The molecule has 0 radical (unpaired) electrons. The monoisotopic (exact) mass is 309 g/mol. The van der Waals surface area contributed by atoms with Crippen molar-refractivity contribution < 1.29 is 24.7 Å². The van der Waals surface area contributed by atoms with E-state index in [9.17, 15) is 0 Å². The van der Waals surface area contributed by atoms with Gasteiger partial charge in [0.2, 0.25) is 0 Å². The number of hydrogen-bond acceptors (Lipinski definition) is 0. The second-order valence-electron chi connectivity index (χ2n) is 4.94. The molecule has 0 aliphatic heterocycles. The fraction of sp³-hybridized carbons (Fsp3) is 0.176. The van der Waals surface area contributed by atoms with Gasteiger partial charge in [-0.1, -0.05) is 0 Å². The zero-order chi connectivity index (χ0) is 12.7. The van der Waals surface area contributed by atoms with E-state index in [-0.39, 0.29) is 0 Å². The zero-order valence-corrected chi connectivity index (χ0v) is 13.2. The van der Waals surface area contributed by atoms with Crippen molar-refractivity contribution in [2.24, 2.45) is 0 Å². The van der Waals surface area contributed by atoms with E-state index in [1.54, 1.807) is 30.3 Å². The number of benzene rings is 2. The van der Waals surface area contributed by atoms with Crippen molar-refractivity contribution in [3.63, 3.8) is 0 Å². The summed E-state index contributed by atoms with van der Waals surface area (Å²) in [7, 11) is 0. The first-order chi connectivity index (χ1) is 8.68. The average Bonchev–Trinajstić information content (AvgIpc) is 2.68. The molecule has 3 rings (SSSR count). The van der Waals surface area contributed by atoms with Crippen molar-refractivity contribution in [1.29, 1.82) is 0 Å². The van der Waals surface area contributed by atoms with E-state index in [0.717, 1.165) is 0 Å². The molecule has 0 saturated heterocycles. The Kier molecular flexibility index (Phi) is 3.11.